The SMILES string of the molecule is CC(C)(C)C(=O)NCC(=O)NC1CCN(Cc2ccccc2)C1. The zero-order valence-corrected chi connectivity index (χ0v) is 14.3. The van der Waals surface area contributed by atoms with Gasteiger partial charge in [0.1, 0.15) is 0 Å². The molecule has 1 aromatic carbocycles. The van der Waals surface area contributed by atoms with Gasteiger partial charge < -0.3 is 10.6 Å². The summed E-state index contributed by atoms with van der Waals surface area (Å²) >= 11 is 0. The van der Waals surface area contributed by atoms with Gasteiger partial charge in [0, 0.05) is 31.1 Å². The van der Waals surface area contributed by atoms with E-state index in [2.05, 4.69) is 27.7 Å². The molecule has 1 aliphatic heterocycles. The molecule has 0 aromatic heterocycles. The van der Waals surface area contributed by atoms with Gasteiger partial charge >= 0.3 is 0 Å². The number of nitrogens with zero attached hydrogens (tertiary/aromatic N) is 1. The summed E-state index contributed by atoms with van der Waals surface area (Å²) < 4.78 is 0. The lowest BCUT2D eigenvalue weighted by Gasteiger charge is -2.19. The Morgan fingerprint density at radius 2 is 1.91 bits per heavy atom. The molecule has 1 heterocycles. The van der Waals surface area contributed by atoms with Gasteiger partial charge in [0.05, 0.1) is 6.54 Å². The third kappa shape index (κ3) is 5.67. The zero-order chi connectivity index (χ0) is 16.9. The van der Waals surface area contributed by atoms with Gasteiger partial charge in [-0.15, -0.1) is 0 Å². The summed E-state index contributed by atoms with van der Waals surface area (Å²) in [6, 6.07) is 10.5. The Balaban J connectivity index is 1.71. The number of nitrogens with one attached hydrogen (secondary N) is 2. The van der Waals surface area contributed by atoms with Crippen LogP contribution < -0.4 is 10.6 Å². The van der Waals surface area contributed by atoms with E-state index >= 15 is 0 Å². The van der Waals surface area contributed by atoms with Crippen molar-refractivity contribution in [2.45, 2.75) is 39.8 Å². The first-order valence-electron chi connectivity index (χ1n) is 8.18. The fourth-order valence-electron chi connectivity index (χ4n) is 2.64. The van der Waals surface area contributed by atoms with Crippen molar-refractivity contribution < 1.29 is 9.59 Å². The lowest BCUT2D eigenvalue weighted by Crippen LogP contribution is -2.45. The smallest absolute Gasteiger partial charge is 0.239 e. The van der Waals surface area contributed by atoms with E-state index in [9.17, 15) is 9.59 Å². The van der Waals surface area contributed by atoms with Gasteiger partial charge in [0.15, 0.2) is 0 Å². The first kappa shape index (κ1) is 17.5. The summed E-state index contributed by atoms with van der Waals surface area (Å²) in [6.45, 7) is 8.29. The molecule has 2 N–H and O–H groups in total. The topological polar surface area (TPSA) is 61.4 Å². The molecule has 2 rings (SSSR count). The Hall–Kier alpha value is -1.88. The number of rotatable bonds is 5. The molecule has 1 fully saturated rings. The highest BCUT2D eigenvalue weighted by Gasteiger charge is 2.25. The van der Waals surface area contributed by atoms with Gasteiger partial charge in [0.2, 0.25) is 11.8 Å². The maximum atomic E-state index is 12.0. The van der Waals surface area contributed by atoms with E-state index in [0.717, 1.165) is 26.1 Å². The van der Waals surface area contributed by atoms with Crippen molar-refractivity contribution >= 4 is 11.8 Å². The van der Waals surface area contributed by atoms with E-state index in [1.807, 2.05) is 39.0 Å². The monoisotopic (exact) mass is 317 g/mol. The van der Waals surface area contributed by atoms with E-state index in [4.69, 9.17) is 0 Å². The normalized spacial score (nSPS) is 18.7. The van der Waals surface area contributed by atoms with Crippen LogP contribution in [0.15, 0.2) is 30.3 Å². The average molecular weight is 317 g/mol. The van der Waals surface area contributed by atoms with Crippen LogP contribution in [0.5, 0.6) is 0 Å². The molecule has 0 aliphatic carbocycles. The van der Waals surface area contributed by atoms with Gasteiger partial charge in [-0.3, -0.25) is 14.5 Å². The molecule has 1 aromatic rings. The van der Waals surface area contributed by atoms with Gasteiger partial charge in [-0.05, 0) is 12.0 Å². The van der Waals surface area contributed by atoms with Crippen LogP contribution in [-0.4, -0.2) is 42.4 Å². The maximum Gasteiger partial charge on any atom is 0.239 e. The number of benzene rings is 1. The second kappa shape index (κ2) is 7.59. The van der Waals surface area contributed by atoms with Crippen LogP contribution in [0.25, 0.3) is 0 Å². The number of likely N-dealkylation sites (tertiary alicyclic amines) is 1. The lowest BCUT2D eigenvalue weighted by atomic mass is 9.96. The number of carbonyl (C=O) groups excluding carboxylic acids is 2. The van der Waals surface area contributed by atoms with Crippen LogP contribution in [0.4, 0.5) is 0 Å². The van der Waals surface area contributed by atoms with Crippen molar-refractivity contribution in [1.29, 1.82) is 0 Å². The van der Waals surface area contributed by atoms with Crippen molar-refractivity contribution in [3.8, 4) is 0 Å². The largest absolute Gasteiger partial charge is 0.350 e. The third-order valence-electron chi connectivity index (χ3n) is 3.98. The highest BCUT2D eigenvalue weighted by atomic mass is 16.2. The minimum atomic E-state index is -0.472. The molecule has 0 bridgehead atoms. The van der Waals surface area contributed by atoms with Crippen molar-refractivity contribution in [1.82, 2.24) is 15.5 Å². The van der Waals surface area contributed by atoms with Crippen molar-refractivity contribution in [2.75, 3.05) is 19.6 Å². The minimum absolute atomic E-state index is 0.0469. The summed E-state index contributed by atoms with van der Waals surface area (Å²) in [5.74, 6) is -0.223. The molecule has 1 aliphatic rings. The number of amides is 2. The number of hydrogen-bond donors (Lipinski definition) is 2. The van der Waals surface area contributed by atoms with Crippen molar-refractivity contribution in [3.05, 3.63) is 35.9 Å². The first-order chi connectivity index (χ1) is 10.8. The van der Waals surface area contributed by atoms with E-state index in [0.29, 0.717) is 0 Å². The molecule has 0 radical (unpaired) electrons. The maximum absolute atomic E-state index is 12.0. The lowest BCUT2D eigenvalue weighted by molar-refractivity contribution is -0.131. The van der Waals surface area contributed by atoms with Crippen LogP contribution in [0, 0.1) is 5.41 Å². The molecular weight excluding hydrogens is 290 g/mol. The van der Waals surface area contributed by atoms with E-state index < -0.39 is 5.41 Å². The highest BCUT2D eigenvalue weighted by Crippen LogP contribution is 2.14. The van der Waals surface area contributed by atoms with Crippen molar-refractivity contribution in [3.63, 3.8) is 0 Å². The van der Waals surface area contributed by atoms with Crippen LogP contribution in [-0.2, 0) is 16.1 Å². The molecule has 1 unspecified atom stereocenters. The second-order valence-electron chi connectivity index (χ2n) is 7.21. The zero-order valence-electron chi connectivity index (χ0n) is 14.3. The molecule has 0 saturated carbocycles. The summed E-state index contributed by atoms with van der Waals surface area (Å²) in [6.07, 6.45) is 0.950. The molecule has 0 spiro atoms. The fraction of sp³-hybridized carbons (Fsp3) is 0.556. The molecule has 1 atom stereocenters. The van der Waals surface area contributed by atoms with Crippen LogP contribution >= 0.6 is 0 Å². The second-order valence-corrected chi connectivity index (χ2v) is 7.21. The van der Waals surface area contributed by atoms with Gasteiger partial charge in [-0.1, -0.05) is 51.1 Å². The summed E-state index contributed by atoms with van der Waals surface area (Å²) in [5.41, 5.74) is 0.817. The quantitative estimate of drug-likeness (QED) is 0.866. The predicted molar refractivity (Wildman–Crippen MR) is 90.7 cm³/mol. The third-order valence-corrected chi connectivity index (χ3v) is 3.98. The van der Waals surface area contributed by atoms with Crippen LogP contribution in [0.1, 0.15) is 32.8 Å². The summed E-state index contributed by atoms with van der Waals surface area (Å²) in [4.78, 5) is 26.1. The highest BCUT2D eigenvalue weighted by molar-refractivity contribution is 5.87. The fourth-order valence-corrected chi connectivity index (χ4v) is 2.64. The Labute approximate surface area is 138 Å². The Morgan fingerprint density at radius 3 is 2.57 bits per heavy atom. The minimum Gasteiger partial charge on any atom is -0.350 e. The molecular formula is C18H27N3O2. The Morgan fingerprint density at radius 1 is 1.22 bits per heavy atom. The first-order valence-corrected chi connectivity index (χ1v) is 8.18. The molecule has 23 heavy (non-hydrogen) atoms. The predicted octanol–water partition coefficient (Wildman–Crippen LogP) is 1.54. The molecule has 2 amide bonds. The molecule has 126 valence electrons. The van der Waals surface area contributed by atoms with E-state index in [1.165, 1.54) is 5.56 Å². The average Bonchev–Trinajstić information content (AvgIpc) is 2.91. The van der Waals surface area contributed by atoms with Crippen LogP contribution in [0.3, 0.4) is 0 Å². The van der Waals surface area contributed by atoms with Gasteiger partial charge in [0.25, 0.3) is 0 Å². The van der Waals surface area contributed by atoms with Gasteiger partial charge in [-0.25, -0.2) is 0 Å². The van der Waals surface area contributed by atoms with E-state index in [-0.39, 0.29) is 24.4 Å². The van der Waals surface area contributed by atoms with Crippen LogP contribution in [0.2, 0.25) is 0 Å². The molecule has 1 saturated heterocycles. The molecule has 5 heteroatoms. The summed E-state index contributed by atoms with van der Waals surface area (Å²) in [5, 5.41) is 5.69. The standard InChI is InChI=1S/C18H27N3O2/c1-18(2,3)17(23)19-11-16(22)20-15-9-10-21(13-15)12-14-7-5-4-6-8-14/h4-8,15H,9-13H2,1-3H3,(H,19,23)(H,20,22). The van der Waals surface area contributed by atoms with E-state index in [1.54, 1.807) is 0 Å². The Bertz CT molecular complexity index is 537. The number of hydrogen-bond acceptors (Lipinski definition) is 3. The Kier molecular flexibility index (Phi) is 5.77. The van der Waals surface area contributed by atoms with Crippen molar-refractivity contribution in [2.24, 2.45) is 5.41 Å². The van der Waals surface area contributed by atoms with Gasteiger partial charge in [-0.2, -0.15) is 0 Å². The molecule has 5 nitrogen and oxygen atoms in total. The summed E-state index contributed by atoms with van der Waals surface area (Å²) in [7, 11) is 0. The number of carbonyl (C=O) groups is 2.